The third kappa shape index (κ3) is 4.26. The van der Waals surface area contributed by atoms with Crippen molar-refractivity contribution in [3.63, 3.8) is 0 Å². The van der Waals surface area contributed by atoms with E-state index in [9.17, 15) is 4.79 Å². The van der Waals surface area contributed by atoms with Crippen LogP contribution in [-0.2, 0) is 19.7 Å². The number of hydrogen-bond acceptors (Lipinski definition) is 4. The Hall–Kier alpha value is -2.31. The average molecular weight is 390 g/mol. The van der Waals surface area contributed by atoms with Crippen LogP contribution in [0.25, 0.3) is 0 Å². The van der Waals surface area contributed by atoms with Gasteiger partial charge in [0.2, 0.25) is 0 Å². The van der Waals surface area contributed by atoms with Crippen molar-refractivity contribution in [2.24, 2.45) is 0 Å². The monoisotopic (exact) mass is 389 g/mol. The Labute approximate surface area is 161 Å². The highest BCUT2D eigenvalue weighted by molar-refractivity contribution is 7.12. The number of amides is 1. The summed E-state index contributed by atoms with van der Waals surface area (Å²) >= 11 is 7.52. The lowest BCUT2D eigenvalue weighted by Crippen LogP contribution is -2.23. The fraction of sp³-hybridized carbons (Fsp3) is 0.263. The summed E-state index contributed by atoms with van der Waals surface area (Å²) in [5, 5.41) is 9.57. The maximum atomic E-state index is 12.4. The van der Waals surface area contributed by atoms with E-state index in [1.165, 1.54) is 11.3 Å². The summed E-state index contributed by atoms with van der Waals surface area (Å²) in [6, 6.07) is 9.73. The summed E-state index contributed by atoms with van der Waals surface area (Å²) < 4.78 is 7.60. The molecule has 1 aromatic carbocycles. The number of benzene rings is 1. The number of thiophene rings is 1. The van der Waals surface area contributed by atoms with Crippen molar-refractivity contribution in [1.29, 1.82) is 0 Å². The summed E-state index contributed by atoms with van der Waals surface area (Å²) in [5.74, 6) is 0.726. The molecule has 1 amide bonds. The fourth-order valence-corrected chi connectivity index (χ4v) is 3.56. The Morgan fingerprint density at radius 3 is 2.96 bits per heavy atom. The van der Waals surface area contributed by atoms with Crippen molar-refractivity contribution in [3.8, 4) is 5.75 Å². The van der Waals surface area contributed by atoms with Crippen LogP contribution in [0.4, 0.5) is 0 Å². The number of aromatic nitrogens is 2. The standard InChI is InChI=1S/C19H20ClN3O2S/c1-3-23-16(15(20)9-22-23)10-21-19(24)18-8-14(12-26-18)11-25-17-7-5-4-6-13(17)2/h4-9,12H,3,10-11H2,1-2H3,(H,21,24). The summed E-state index contributed by atoms with van der Waals surface area (Å²) in [4.78, 5) is 13.0. The molecule has 0 unspecified atom stereocenters. The predicted molar refractivity (Wildman–Crippen MR) is 104 cm³/mol. The van der Waals surface area contributed by atoms with Crippen LogP contribution in [0.15, 0.2) is 41.9 Å². The van der Waals surface area contributed by atoms with Gasteiger partial charge in [0.25, 0.3) is 5.91 Å². The number of rotatable bonds is 7. The summed E-state index contributed by atoms with van der Waals surface area (Å²) in [7, 11) is 0. The Morgan fingerprint density at radius 1 is 1.38 bits per heavy atom. The van der Waals surface area contributed by atoms with Crippen molar-refractivity contribution in [3.05, 3.63) is 68.6 Å². The minimum absolute atomic E-state index is 0.128. The molecule has 2 aromatic heterocycles. The van der Waals surface area contributed by atoms with Gasteiger partial charge in [0.15, 0.2) is 0 Å². The first-order chi connectivity index (χ1) is 12.6. The molecular formula is C19H20ClN3O2S. The van der Waals surface area contributed by atoms with Gasteiger partial charge < -0.3 is 10.1 Å². The Morgan fingerprint density at radius 2 is 2.19 bits per heavy atom. The van der Waals surface area contributed by atoms with Crippen LogP contribution in [0.2, 0.25) is 5.02 Å². The van der Waals surface area contributed by atoms with E-state index >= 15 is 0 Å². The number of aryl methyl sites for hydroxylation is 2. The van der Waals surface area contributed by atoms with Gasteiger partial charge in [-0.1, -0.05) is 29.8 Å². The number of ether oxygens (including phenoxy) is 1. The summed E-state index contributed by atoms with van der Waals surface area (Å²) in [6.07, 6.45) is 1.60. The number of hydrogen-bond donors (Lipinski definition) is 1. The number of nitrogens with zero attached hydrogens (tertiary/aromatic N) is 2. The van der Waals surface area contributed by atoms with Gasteiger partial charge in [0, 0.05) is 12.1 Å². The van der Waals surface area contributed by atoms with Crippen LogP contribution in [0.1, 0.15) is 33.4 Å². The predicted octanol–water partition coefficient (Wildman–Crippen LogP) is 4.44. The molecule has 26 heavy (non-hydrogen) atoms. The van der Waals surface area contributed by atoms with Crippen LogP contribution in [0, 0.1) is 6.92 Å². The second kappa shape index (κ2) is 8.38. The molecule has 0 aliphatic rings. The molecule has 0 spiro atoms. The maximum absolute atomic E-state index is 12.4. The lowest BCUT2D eigenvalue weighted by atomic mass is 10.2. The zero-order chi connectivity index (χ0) is 18.5. The largest absolute Gasteiger partial charge is 0.489 e. The Balaban J connectivity index is 1.58. The maximum Gasteiger partial charge on any atom is 0.261 e. The molecule has 2 heterocycles. The van der Waals surface area contributed by atoms with Gasteiger partial charge in [-0.05, 0) is 36.9 Å². The van der Waals surface area contributed by atoms with E-state index in [2.05, 4.69) is 10.4 Å². The molecule has 7 heteroatoms. The van der Waals surface area contributed by atoms with Crippen molar-refractivity contribution >= 4 is 28.8 Å². The van der Waals surface area contributed by atoms with E-state index in [-0.39, 0.29) is 5.91 Å². The van der Waals surface area contributed by atoms with Crippen molar-refractivity contribution in [2.45, 2.75) is 33.5 Å². The van der Waals surface area contributed by atoms with Crippen LogP contribution < -0.4 is 10.1 Å². The van der Waals surface area contributed by atoms with Gasteiger partial charge in [-0.2, -0.15) is 5.10 Å². The number of nitrogens with one attached hydrogen (secondary N) is 1. The van der Waals surface area contributed by atoms with Crippen molar-refractivity contribution in [2.75, 3.05) is 0 Å². The molecule has 3 rings (SSSR count). The third-order valence-corrected chi connectivity index (χ3v) is 5.27. The lowest BCUT2D eigenvalue weighted by molar-refractivity contribution is 0.0954. The SMILES string of the molecule is CCn1ncc(Cl)c1CNC(=O)c1cc(COc2ccccc2C)cs1. The highest BCUT2D eigenvalue weighted by Gasteiger charge is 2.13. The van der Waals surface area contributed by atoms with Gasteiger partial charge in [-0.3, -0.25) is 9.48 Å². The van der Waals surface area contributed by atoms with Gasteiger partial charge in [-0.15, -0.1) is 11.3 Å². The highest BCUT2D eigenvalue weighted by atomic mass is 35.5. The van der Waals surface area contributed by atoms with E-state index in [0.29, 0.717) is 29.6 Å². The molecule has 0 saturated carbocycles. The molecule has 0 radical (unpaired) electrons. The van der Waals surface area contributed by atoms with Gasteiger partial charge in [0.1, 0.15) is 12.4 Å². The van der Waals surface area contributed by atoms with Crippen molar-refractivity contribution < 1.29 is 9.53 Å². The fourth-order valence-electron chi connectivity index (χ4n) is 2.54. The topological polar surface area (TPSA) is 56.2 Å². The second-order valence-corrected chi connectivity index (χ2v) is 7.13. The molecule has 136 valence electrons. The van der Waals surface area contributed by atoms with Crippen LogP contribution >= 0.6 is 22.9 Å². The zero-order valence-corrected chi connectivity index (χ0v) is 16.2. The first-order valence-corrected chi connectivity index (χ1v) is 9.58. The van der Waals surface area contributed by atoms with Gasteiger partial charge >= 0.3 is 0 Å². The molecular weight excluding hydrogens is 370 g/mol. The number of para-hydroxylation sites is 1. The van der Waals surface area contributed by atoms with Crippen LogP contribution in [0.5, 0.6) is 5.75 Å². The molecule has 0 atom stereocenters. The zero-order valence-electron chi connectivity index (χ0n) is 14.7. The Bertz CT molecular complexity index is 904. The molecule has 3 aromatic rings. The Kier molecular flexibility index (Phi) is 5.96. The van der Waals surface area contributed by atoms with E-state index in [1.807, 2.05) is 49.6 Å². The van der Waals surface area contributed by atoms with E-state index in [1.54, 1.807) is 10.9 Å². The van der Waals surface area contributed by atoms with E-state index < -0.39 is 0 Å². The molecule has 5 nitrogen and oxygen atoms in total. The molecule has 0 fully saturated rings. The van der Waals surface area contributed by atoms with Gasteiger partial charge in [0.05, 0.1) is 28.3 Å². The summed E-state index contributed by atoms with van der Waals surface area (Å²) in [5.41, 5.74) is 2.87. The first-order valence-electron chi connectivity index (χ1n) is 8.32. The molecule has 0 bridgehead atoms. The van der Waals surface area contributed by atoms with Crippen molar-refractivity contribution in [1.82, 2.24) is 15.1 Å². The third-order valence-electron chi connectivity index (χ3n) is 3.98. The normalized spacial score (nSPS) is 10.7. The number of carbonyl (C=O) groups excluding carboxylic acids is 1. The first kappa shape index (κ1) is 18.5. The minimum Gasteiger partial charge on any atom is -0.489 e. The van der Waals surface area contributed by atoms with E-state index in [0.717, 1.165) is 22.6 Å². The second-order valence-electron chi connectivity index (χ2n) is 5.81. The quantitative estimate of drug-likeness (QED) is 0.650. The van der Waals surface area contributed by atoms with E-state index in [4.69, 9.17) is 16.3 Å². The van der Waals surface area contributed by atoms with Crippen LogP contribution in [0.3, 0.4) is 0 Å². The summed E-state index contributed by atoms with van der Waals surface area (Å²) in [6.45, 7) is 5.47. The average Bonchev–Trinajstić information content (AvgIpc) is 3.25. The molecule has 0 aliphatic heterocycles. The van der Waals surface area contributed by atoms with Gasteiger partial charge in [-0.25, -0.2) is 0 Å². The number of carbonyl (C=O) groups is 1. The number of halogens is 1. The molecule has 1 N–H and O–H groups in total. The molecule has 0 saturated heterocycles. The lowest BCUT2D eigenvalue weighted by Gasteiger charge is -2.07. The van der Waals surface area contributed by atoms with Crippen LogP contribution in [-0.4, -0.2) is 15.7 Å². The smallest absolute Gasteiger partial charge is 0.261 e. The minimum atomic E-state index is -0.128. The molecule has 0 aliphatic carbocycles. The highest BCUT2D eigenvalue weighted by Crippen LogP contribution is 2.21.